The first kappa shape index (κ1) is 9.34. The van der Waals surface area contributed by atoms with Gasteiger partial charge in [-0.2, -0.15) is 0 Å². The molecule has 1 saturated heterocycles. The van der Waals surface area contributed by atoms with E-state index in [1.807, 2.05) is 0 Å². The fraction of sp³-hybridized carbons (Fsp3) is 1.00. The van der Waals surface area contributed by atoms with Gasteiger partial charge in [0.15, 0.2) is 0 Å². The molecule has 1 aliphatic heterocycles. The van der Waals surface area contributed by atoms with Gasteiger partial charge in [0.1, 0.15) is 0 Å². The highest BCUT2D eigenvalue weighted by Gasteiger charge is 2.18. The fourth-order valence-corrected chi connectivity index (χ4v) is 1.92. The average molecular weight is 176 g/mol. The van der Waals surface area contributed by atoms with E-state index < -0.39 is 0 Å². The molecule has 1 rings (SSSR count). The lowest BCUT2D eigenvalue weighted by Crippen LogP contribution is -2.26. The molecular weight excluding hydrogens is 158 g/mol. The maximum atomic E-state index is 5.60. The fourth-order valence-electron chi connectivity index (χ4n) is 1.73. The zero-order valence-corrected chi connectivity index (χ0v) is 8.03. The first-order valence-corrected chi connectivity index (χ1v) is 5.18. The van der Waals surface area contributed by atoms with Gasteiger partial charge >= 0.3 is 0 Å². The van der Waals surface area contributed by atoms with Gasteiger partial charge in [0.2, 0.25) is 0 Å². The van der Waals surface area contributed by atoms with Crippen molar-refractivity contribution in [2.45, 2.75) is 51.1 Å². The van der Waals surface area contributed by atoms with Crippen LogP contribution < -0.4 is 5.32 Å². The highest BCUT2D eigenvalue weighted by atomic mass is 35.5. The SMILES string of the molecule is CC1CCC(CCCCCl)N1. The second kappa shape index (κ2) is 5.00. The zero-order valence-electron chi connectivity index (χ0n) is 7.28. The standard InChI is InChI=1S/C9H18ClN/c1-8-5-6-9(11-8)4-2-3-7-10/h8-9,11H,2-7H2,1H3. The molecule has 0 amide bonds. The average Bonchev–Trinajstić information content (AvgIpc) is 2.37. The van der Waals surface area contributed by atoms with Crippen LogP contribution in [-0.4, -0.2) is 18.0 Å². The smallest absolute Gasteiger partial charge is 0.0223 e. The van der Waals surface area contributed by atoms with Crippen LogP contribution in [0.2, 0.25) is 0 Å². The lowest BCUT2D eigenvalue weighted by Gasteiger charge is -2.10. The molecule has 0 aliphatic carbocycles. The van der Waals surface area contributed by atoms with E-state index in [9.17, 15) is 0 Å². The minimum Gasteiger partial charge on any atom is -0.312 e. The second-order valence-electron chi connectivity index (χ2n) is 3.53. The molecule has 1 fully saturated rings. The summed E-state index contributed by atoms with van der Waals surface area (Å²) in [6.07, 6.45) is 6.49. The Kier molecular flexibility index (Phi) is 4.24. The molecule has 0 aromatic heterocycles. The van der Waals surface area contributed by atoms with Crippen molar-refractivity contribution >= 4 is 11.6 Å². The molecule has 2 atom stereocenters. The zero-order chi connectivity index (χ0) is 8.10. The van der Waals surface area contributed by atoms with Crippen LogP contribution in [0.3, 0.4) is 0 Å². The van der Waals surface area contributed by atoms with Gasteiger partial charge in [0.05, 0.1) is 0 Å². The van der Waals surface area contributed by atoms with Gasteiger partial charge in [-0.3, -0.25) is 0 Å². The Morgan fingerprint density at radius 3 is 2.73 bits per heavy atom. The third kappa shape index (κ3) is 3.44. The van der Waals surface area contributed by atoms with E-state index in [2.05, 4.69) is 12.2 Å². The quantitative estimate of drug-likeness (QED) is 0.512. The first-order chi connectivity index (χ1) is 5.33. The van der Waals surface area contributed by atoms with Gasteiger partial charge in [-0.1, -0.05) is 6.42 Å². The molecule has 1 N–H and O–H groups in total. The van der Waals surface area contributed by atoms with Crippen molar-refractivity contribution in [3.63, 3.8) is 0 Å². The molecule has 1 heterocycles. The summed E-state index contributed by atoms with van der Waals surface area (Å²) >= 11 is 5.60. The van der Waals surface area contributed by atoms with Crippen molar-refractivity contribution in [3.05, 3.63) is 0 Å². The molecule has 66 valence electrons. The Morgan fingerprint density at radius 2 is 2.18 bits per heavy atom. The Bertz CT molecular complexity index is 106. The largest absolute Gasteiger partial charge is 0.312 e. The summed E-state index contributed by atoms with van der Waals surface area (Å²) < 4.78 is 0. The van der Waals surface area contributed by atoms with E-state index in [1.165, 1.54) is 32.1 Å². The summed E-state index contributed by atoms with van der Waals surface area (Å²) in [6, 6.07) is 1.53. The number of hydrogen-bond acceptors (Lipinski definition) is 1. The molecule has 0 radical (unpaired) electrons. The summed E-state index contributed by atoms with van der Waals surface area (Å²) in [6.45, 7) is 2.27. The molecule has 2 unspecified atom stereocenters. The molecule has 0 saturated carbocycles. The van der Waals surface area contributed by atoms with Crippen molar-refractivity contribution in [1.29, 1.82) is 0 Å². The minimum absolute atomic E-state index is 0.746. The van der Waals surface area contributed by atoms with E-state index in [0.717, 1.165) is 18.0 Å². The predicted molar refractivity (Wildman–Crippen MR) is 50.2 cm³/mol. The van der Waals surface area contributed by atoms with Crippen LogP contribution in [-0.2, 0) is 0 Å². The van der Waals surface area contributed by atoms with Crippen LogP contribution in [0.5, 0.6) is 0 Å². The van der Waals surface area contributed by atoms with Crippen LogP contribution in [0, 0.1) is 0 Å². The van der Waals surface area contributed by atoms with Crippen molar-refractivity contribution in [1.82, 2.24) is 5.32 Å². The summed E-state index contributed by atoms with van der Waals surface area (Å²) in [5, 5.41) is 3.57. The monoisotopic (exact) mass is 175 g/mol. The number of alkyl halides is 1. The summed E-state index contributed by atoms with van der Waals surface area (Å²) in [5.74, 6) is 0.822. The van der Waals surface area contributed by atoms with Gasteiger partial charge in [0.25, 0.3) is 0 Å². The van der Waals surface area contributed by atoms with E-state index in [1.54, 1.807) is 0 Å². The first-order valence-electron chi connectivity index (χ1n) is 4.65. The van der Waals surface area contributed by atoms with Gasteiger partial charge in [-0.25, -0.2) is 0 Å². The molecular formula is C9H18ClN. The molecule has 0 aromatic carbocycles. The molecule has 11 heavy (non-hydrogen) atoms. The van der Waals surface area contributed by atoms with Crippen LogP contribution in [0.4, 0.5) is 0 Å². The Morgan fingerprint density at radius 1 is 1.36 bits per heavy atom. The number of halogens is 1. The lowest BCUT2D eigenvalue weighted by molar-refractivity contribution is 0.507. The molecule has 0 spiro atoms. The van der Waals surface area contributed by atoms with Crippen LogP contribution >= 0.6 is 11.6 Å². The number of nitrogens with one attached hydrogen (secondary N) is 1. The molecule has 1 nitrogen and oxygen atoms in total. The van der Waals surface area contributed by atoms with Gasteiger partial charge < -0.3 is 5.32 Å². The number of hydrogen-bond donors (Lipinski definition) is 1. The topological polar surface area (TPSA) is 12.0 Å². The Labute approximate surface area is 74.5 Å². The van der Waals surface area contributed by atoms with Crippen LogP contribution in [0.1, 0.15) is 39.0 Å². The Hall–Kier alpha value is 0.250. The van der Waals surface area contributed by atoms with Gasteiger partial charge in [-0.05, 0) is 32.6 Å². The molecule has 0 bridgehead atoms. The van der Waals surface area contributed by atoms with E-state index in [-0.39, 0.29) is 0 Å². The van der Waals surface area contributed by atoms with E-state index in [4.69, 9.17) is 11.6 Å². The highest BCUT2D eigenvalue weighted by Crippen LogP contribution is 2.16. The maximum Gasteiger partial charge on any atom is 0.0223 e. The number of unbranched alkanes of at least 4 members (excludes halogenated alkanes) is 1. The van der Waals surface area contributed by atoms with Crippen molar-refractivity contribution in [2.24, 2.45) is 0 Å². The van der Waals surface area contributed by atoms with Crippen LogP contribution in [0.15, 0.2) is 0 Å². The molecule has 2 heteroatoms. The highest BCUT2D eigenvalue weighted by molar-refractivity contribution is 6.17. The van der Waals surface area contributed by atoms with Crippen molar-refractivity contribution in [2.75, 3.05) is 5.88 Å². The lowest BCUT2D eigenvalue weighted by atomic mass is 10.1. The van der Waals surface area contributed by atoms with Crippen molar-refractivity contribution < 1.29 is 0 Å². The molecule has 1 aliphatic rings. The predicted octanol–water partition coefficient (Wildman–Crippen LogP) is 2.54. The molecule has 0 aromatic rings. The van der Waals surface area contributed by atoms with Crippen molar-refractivity contribution in [3.8, 4) is 0 Å². The van der Waals surface area contributed by atoms with E-state index in [0.29, 0.717) is 0 Å². The summed E-state index contributed by atoms with van der Waals surface area (Å²) in [7, 11) is 0. The van der Waals surface area contributed by atoms with Crippen LogP contribution in [0.25, 0.3) is 0 Å². The Balaban J connectivity index is 1.99. The minimum atomic E-state index is 0.746. The van der Waals surface area contributed by atoms with Gasteiger partial charge in [-0.15, -0.1) is 11.6 Å². The van der Waals surface area contributed by atoms with E-state index >= 15 is 0 Å². The van der Waals surface area contributed by atoms with Gasteiger partial charge in [0, 0.05) is 18.0 Å². The summed E-state index contributed by atoms with van der Waals surface area (Å²) in [5.41, 5.74) is 0. The number of rotatable bonds is 4. The normalized spacial score (nSPS) is 31.1. The summed E-state index contributed by atoms with van der Waals surface area (Å²) in [4.78, 5) is 0. The third-order valence-corrected chi connectivity index (χ3v) is 2.67. The third-order valence-electron chi connectivity index (χ3n) is 2.40. The maximum absolute atomic E-state index is 5.60. The second-order valence-corrected chi connectivity index (χ2v) is 3.90.